The summed E-state index contributed by atoms with van der Waals surface area (Å²) in [4.78, 5) is 21.3. The number of aromatic nitrogens is 3. The molecule has 0 bridgehead atoms. The third-order valence-corrected chi connectivity index (χ3v) is 5.62. The van der Waals surface area contributed by atoms with Crippen molar-refractivity contribution in [2.45, 2.75) is 0 Å². The fourth-order valence-electron chi connectivity index (χ4n) is 2.89. The molecule has 0 unspecified atom stereocenters. The van der Waals surface area contributed by atoms with Crippen molar-refractivity contribution in [3.8, 4) is 0 Å². The van der Waals surface area contributed by atoms with Crippen molar-refractivity contribution in [1.82, 2.24) is 19.7 Å². The maximum absolute atomic E-state index is 12.5. The number of carbonyl (C=O) groups is 1. The molecular weight excluding hydrogens is 346 g/mol. The van der Waals surface area contributed by atoms with Crippen LogP contribution in [-0.2, 0) is 7.05 Å². The number of rotatable bonds is 2. The summed E-state index contributed by atoms with van der Waals surface area (Å²) in [5, 5.41) is 5.71. The number of piperazine rings is 1. The van der Waals surface area contributed by atoms with Crippen LogP contribution in [0.4, 0.5) is 5.13 Å². The van der Waals surface area contributed by atoms with Gasteiger partial charge in [0, 0.05) is 39.4 Å². The van der Waals surface area contributed by atoms with Crippen LogP contribution in [-0.4, -0.2) is 51.8 Å². The molecule has 0 aliphatic carbocycles. The van der Waals surface area contributed by atoms with Crippen LogP contribution in [0.2, 0.25) is 5.02 Å². The highest BCUT2D eigenvalue weighted by molar-refractivity contribution is 7.22. The van der Waals surface area contributed by atoms with E-state index < -0.39 is 0 Å². The molecule has 24 heavy (non-hydrogen) atoms. The lowest BCUT2D eigenvalue weighted by atomic mass is 10.3. The normalized spacial score (nSPS) is 15.2. The zero-order valence-electron chi connectivity index (χ0n) is 13.1. The number of halogens is 1. The van der Waals surface area contributed by atoms with E-state index in [-0.39, 0.29) is 5.91 Å². The summed E-state index contributed by atoms with van der Waals surface area (Å²) >= 11 is 7.85. The van der Waals surface area contributed by atoms with E-state index in [1.807, 2.05) is 23.1 Å². The summed E-state index contributed by atoms with van der Waals surface area (Å²) in [6, 6.07) is 7.59. The Balaban J connectivity index is 1.48. The van der Waals surface area contributed by atoms with E-state index in [9.17, 15) is 4.79 Å². The van der Waals surface area contributed by atoms with Crippen molar-refractivity contribution in [2.75, 3.05) is 31.1 Å². The van der Waals surface area contributed by atoms with Crippen molar-refractivity contribution in [3.63, 3.8) is 0 Å². The largest absolute Gasteiger partial charge is 0.345 e. The Morgan fingerprint density at radius 2 is 2.00 bits per heavy atom. The molecule has 4 rings (SSSR count). The molecule has 1 fully saturated rings. The number of hydrogen-bond donors (Lipinski definition) is 0. The number of fused-ring (bicyclic) bond motifs is 1. The summed E-state index contributed by atoms with van der Waals surface area (Å²) in [7, 11) is 1.79. The number of anilines is 1. The van der Waals surface area contributed by atoms with E-state index in [0.29, 0.717) is 23.8 Å². The van der Waals surface area contributed by atoms with Crippen LogP contribution in [0.1, 0.15) is 10.5 Å². The molecule has 0 atom stereocenters. The lowest BCUT2D eigenvalue weighted by Crippen LogP contribution is -2.49. The fourth-order valence-corrected chi connectivity index (χ4v) is 4.20. The summed E-state index contributed by atoms with van der Waals surface area (Å²) in [6.45, 7) is 2.88. The SMILES string of the molecule is Cn1nccc1C(=O)N1CCN(c2nc3c(Cl)cccc3s2)CC1. The summed E-state index contributed by atoms with van der Waals surface area (Å²) in [5.74, 6) is 0.0296. The predicted octanol–water partition coefficient (Wildman–Crippen LogP) is 2.65. The lowest BCUT2D eigenvalue weighted by Gasteiger charge is -2.34. The van der Waals surface area contributed by atoms with Gasteiger partial charge >= 0.3 is 0 Å². The van der Waals surface area contributed by atoms with Gasteiger partial charge in [-0.2, -0.15) is 5.10 Å². The first-order valence-electron chi connectivity index (χ1n) is 7.71. The zero-order valence-corrected chi connectivity index (χ0v) is 14.7. The smallest absolute Gasteiger partial charge is 0.272 e. The maximum atomic E-state index is 12.5. The van der Waals surface area contributed by atoms with Gasteiger partial charge in [0.25, 0.3) is 5.91 Å². The molecule has 1 aliphatic rings. The van der Waals surface area contributed by atoms with Gasteiger partial charge < -0.3 is 9.80 Å². The third kappa shape index (κ3) is 2.63. The van der Waals surface area contributed by atoms with Gasteiger partial charge in [0.1, 0.15) is 11.2 Å². The number of nitrogens with zero attached hydrogens (tertiary/aromatic N) is 5. The predicted molar refractivity (Wildman–Crippen MR) is 96.0 cm³/mol. The topological polar surface area (TPSA) is 54.3 Å². The molecule has 3 heterocycles. The molecule has 0 N–H and O–H groups in total. The number of thiazole rings is 1. The van der Waals surface area contributed by atoms with Gasteiger partial charge in [0.15, 0.2) is 5.13 Å². The second kappa shape index (κ2) is 6.07. The number of aryl methyl sites for hydroxylation is 1. The molecule has 2 aromatic heterocycles. The highest BCUT2D eigenvalue weighted by Gasteiger charge is 2.25. The highest BCUT2D eigenvalue weighted by atomic mass is 35.5. The van der Waals surface area contributed by atoms with Gasteiger partial charge in [0.05, 0.1) is 9.72 Å². The Hall–Kier alpha value is -2.12. The molecule has 0 radical (unpaired) electrons. The Bertz CT molecular complexity index is 897. The van der Waals surface area contributed by atoms with Gasteiger partial charge in [-0.25, -0.2) is 4.98 Å². The summed E-state index contributed by atoms with van der Waals surface area (Å²) in [6.07, 6.45) is 1.65. The van der Waals surface area contributed by atoms with Crippen molar-refractivity contribution >= 4 is 44.2 Å². The average Bonchev–Trinajstić information content (AvgIpc) is 3.21. The maximum Gasteiger partial charge on any atom is 0.272 e. The van der Waals surface area contributed by atoms with Gasteiger partial charge in [-0.1, -0.05) is 29.0 Å². The van der Waals surface area contributed by atoms with Crippen LogP contribution >= 0.6 is 22.9 Å². The van der Waals surface area contributed by atoms with Crippen molar-refractivity contribution in [1.29, 1.82) is 0 Å². The molecular formula is C16H16ClN5OS. The number of amides is 1. The first-order chi connectivity index (χ1) is 11.6. The molecule has 1 aliphatic heterocycles. The summed E-state index contributed by atoms with van der Waals surface area (Å²) < 4.78 is 2.70. The van der Waals surface area contributed by atoms with E-state index in [1.165, 1.54) is 0 Å². The molecule has 1 saturated heterocycles. The number of benzene rings is 1. The Morgan fingerprint density at radius 1 is 1.21 bits per heavy atom. The second-order valence-electron chi connectivity index (χ2n) is 5.70. The number of para-hydroxylation sites is 1. The number of hydrogen-bond acceptors (Lipinski definition) is 5. The van der Waals surface area contributed by atoms with Crippen molar-refractivity contribution in [2.24, 2.45) is 7.05 Å². The molecule has 1 amide bonds. The van der Waals surface area contributed by atoms with Gasteiger partial charge in [-0.05, 0) is 18.2 Å². The van der Waals surface area contributed by atoms with Crippen LogP contribution in [0.3, 0.4) is 0 Å². The average molecular weight is 362 g/mol. The van der Waals surface area contributed by atoms with Gasteiger partial charge in [0.2, 0.25) is 0 Å². The highest BCUT2D eigenvalue weighted by Crippen LogP contribution is 2.33. The fraction of sp³-hybridized carbons (Fsp3) is 0.312. The molecule has 0 spiro atoms. The van der Waals surface area contributed by atoms with Crippen LogP contribution in [0.25, 0.3) is 10.2 Å². The molecule has 6 nitrogen and oxygen atoms in total. The lowest BCUT2D eigenvalue weighted by molar-refractivity contribution is 0.0735. The van der Waals surface area contributed by atoms with Crippen LogP contribution in [0, 0.1) is 0 Å². The molecule has 8 heteroatoms. The minimum atomic E-state index is 0.0296. The Labute approximate surface area is 148 Å². The van der Waals surface area contributed by atoms with Crippen LogP contribution in [0.5, 0.6) is 0 Å². The molecule has 124 valence electrons. The van der Waals surface area contributed by atoms with Crippen LogP contribution in [0.15, 0.2) is 30.5 Å². The first kappa shape index (κ1) is 15.4. The van der Waals surface area contributed by atoms with E-state index in [0.717, 1.165) is 28.4 Å². The van der Waals surface area contributed by atoms with Gasteiger partial charge in [-0.3, -0.25) is 9.48 Å². The first-order valence-corrected chi connectivity index (χ1v) is 8.90. The van der Waals surface area contributed by atoms with Gasteiger partial charge in [-0.15, -0.1) is 0 Å². The van der Waals surface area contributed by atoms with E-state index in [4.69, 9.17) is 11.6 Å². The monoisotopic (exact) mass is 361 g/mol. The van der Waals surface area contributed by atoms with E-state index in [1.54, 1.807) is 35.3 Å². The number of carbonyl (C=O) groups excluding carboxylic acids is 1. The molecule has 0 saturated carbocycles. The van der Waals surface area contributed by atoms with Crippen LogP contribution < -0.4 is 4.90 Å². The molecule has 1 aromatic carbocycles. The third-order valence-electron chi connectivity index (χ3n) is 4.24. The van der Waals surface area contributed by atoms with Crippen molar-refractivity contribution in [3.05, 3.63) is 41.2 Å². The standard InChI is InChI=1S/C16H16ClN5OS/c1-20-12(5-6-18-20)15(23)21-7-9-22(10-8-21)16-19-14-11(17)3-2-4-13(14)24-16/h2-6H,7-10H2,1H3. The van der Waals surface area contributed by atoms with Crippen molar-refractivity contribution < 1.29 is 4.79 Å². The Morgan fingerprint density at radius 3 is 2.67 bits per heavy atom. The zero-order chi connectivity index (χ0) is 16.7. The second-order valence-corrected chi connectivity index (χ2v) is 7.12. The Kier molecular flexibility index (Phi) is 3.90. The van der Waals surface area contributed by atoms with E-state index in [2.05, 4.69) is 15.0 Å². The quantitative estimate of drug-likeness (QED) is 0.704. The van der Waals surface area contributed by atoms with E-state index >= 15 is 0 Å². The minimum Gasteiger partial charge on any atom is -0.345 e. The molecule has 3 aromatic rings. The minimum absolute atomic E-state index is 0.0296. The summed E-state index contributed by atoms with van der Waals surface area (Å²) in [5.41, 5.74) is 1.47.